The first-order valence-corrected chi connectivity index (χ1v) is 3.64. The molecule has 0 aliphatic carbocycles. The minimum Gasteiger partial charge on any atom is -0.464 e. The second kappa shape index (κ2) is 3.54. The maximum atomic E-state index is 10.5. The van der Waals surface area contributed by atoms with Gasteiger partial charge in [-0.2, -0.15) is 0 Å². The minimum atomic E-state index is -0.896. The van der Waals surface area contributed by atoms with Gasteiger partial charge in [0.1, 0.15) is 0 Å². The zero-order chi connectivity index (χ0) is 8.27. The van der Waals surface area contributed by atoms with Crippen LogP contribution in [-0.2, 0) is 0 Å². The SMILES string of the molecule is CN(C(=O)O)N1CCNCC1. The van der Waals surface area contributed by atoms with Gasteiger partial charge in [-0.3, -0.25) is 0 Å². The van der Waals surface area contributed by atoms with Gasteiger partial charge in [0.15, 0.2) is 0 Å². The number of carbonyl (C=O) groups is 1. The van der Waals surface area contributed by atoms with Crippen molar-refractivity contribution in [3.8, 4) is 0 Å². The van der Waals surface area contributed by atoms with Crippen molar-refractivity contribution in [2.75, 3.05) is 33.2 Å². The van der Waals surface area contributed by atoms with Gasteiger partial charge in [0.2, 0.25) is 0 Å². The average Bonchev–Trinajstić information content (AvgIpc) is 2.05. The summed E-state index contributed by atoms with van der Waals surface area (Å²) in [5, 5.41) is 14.8. The Morgan fingerprint density at radius 2 is 2.09 bits per heavy atom. The monoisotopic (exact) mass is 159 g/mol. The molecular formula is C6H13N3O2. The third-order valence-corrected chi connectivity index (χ3v) is 1.79. The zero-order valence-corrected chi connectivity index (χ0v) is 6.58. The van der Waals surface area contributed by atoms with Crippen LogP contribution in [0.3, 0.4) is 0 Å². The first kappa shape index (κ1) is 8.29. The molecule has 1 aliphatic rings. The molecule has 0 unspecified atom stereocenters. The Bertz CT molecular complexity index is 145. The smallest absolute Gasteiger partial charge is 0.421 e. The number of nitrogens with one attached hydrogen (secondary N) is 1. The number of carboxylic acid groups (broad SMARTS) is 1. The molecule has 2 N–H and O–H groups in total. The highest BCUT2D eigenvalue weighted by Crippen LogP contribution is 1.96. The predicted octanol–water partition coefficient (Wildman–Crippen LogP) is -0.584. The fraction of sp³-hybridized carbons (Fsp3) is 0.833. The van der Waals surface area contributed by atoms with E-state index in [0.717, 1.165) is 26.2 Å². The summed E-state index contributed by atoms with van der Waals surface area (Å²) in [6.07, 6.45) is -0.896. The van der Waals surface area contributed by atoms with Crippen molar-refractivity contribution in [1.82, 2.24) is 15.3 Å². The molecule has 0 atom stereocenters. The Kier molecular flexibility index (Phi) is 2.67. The van der Waals surface area contributed by atoms with E-state index in [4.69, 9.17) is 5.11 Å². The molecule has 0 aromatic heterocycles. The minimum absolute atomic E-state index is 0.767. The van der Waals surface area contributed by atoms with Gasteiger partial charge in [0.05, 0.1) is 0 Å². The topological polar surface area (TPSA) is 55.8 Å². The van der Waals surface area contributed by atoms with Crippen molar-refractivity contribution >= 4 is 6.09 Å². The third-order valence-electron chi connectivity index (χ3n) is 1.79. The second-order valence-corrected chi connectivity index (χ2v) is 2.51. The standard InChI is InChI=1S/C6H13N3O2/c1-8(6(10)11)9-4-2-7-3-5-9/h7H,2-5H2,1H3,(H,10,11). The van der Waals surface area contributed by atoms with Crippen LogP contribution in [-0.4, -0.2) is 54.4 Å². The summed E-state index contributed by atoms with van der Waals surface area (Å²) in [5.41, 5.74) is 0. The molecule has 5 nitrogen and oxygen atoms in total. The van der Waals surface area contributed by atoms with E-state index in [1.807, 2.05) is 0 Å². The molecular weight excluding hydrogens is 146 g/mol. The summed E-state index contributed by atoms with van der Waals surface area (Å²) in [7, 11) is 1.56. The van der Waals surface area contributed by atoms with Gasteiger partial charge in [-0.25, -0.2) is 14.8 Å². The van der Waals surface area contributed by atoms with Gasteiger partial charge >= 0.3 is 6.09 Å². The van der Waals surface area contributed by atoms with Gasteiger partial charge in [-0.05, 0) is 0 Å². The second-order valence-electron chi connectivity index (χ2n) is 2.51. The lowest BCUT2D eigenvalue weighted by Crippen LogP contribution is -2.52. The van der Waals surface area contributed by atoms with E-state index >= 15 is 0 Å². The van der Waals surface area contributed by atoms with E-state index in [1.165, 1.54) is 5.01 Å². The average molecular weight is 159 g/mol. The molecule has 1 amide bonds. The number of nitrogens with zero attached hydrogens (tertiary/aromatic N) is 2. The molecule has 11 heavy (non-hydrogen) atoms. The number of hydrogen-bond donors (Lipinski definition) is 2. The van der Waals surface area contributed by atoms with E-state index in [-0.39, 0.29) is 0 Å². The maximum Gasteiger partial charge on any atom is 0.421 e. The summed E-state index contributed by atoms with van der Waals surface area (Å²) in [5.74, 6) is 0. The van der Waals surface area contributed by atoms with E-state index in [2.05, 4.69) is 5.32 Å². The third kappa shape index (κ3) is 2.06. The van der Waals surface area contributed by atoms with Crippen LogP contribution >= 0.6 is 0 Å². The number of rotatable bonds is 1. The van der Waals surface area contributed by atoms with Crippen molar-refractivity contribution in [1.29, 1.82) is 0 Å². The molecule has 1 rings (SSSR count). The molecule has 0 radical (unpaired) electrons. The van der Waals surface area contributed by atoms with E-state index in [9.17, 15) is 4.79 Å². The van der Waals surface area contributed by atoms with Crippen LogP contribution in [0.5, 0.6) is 0 Å². The molecule has 64 valence electrons. The first-order valence-electron chi connectivity index (χ1n) is 3.64. The van der Waals surface area contributed by atoms with Crippen LogP contribution in [0.4, 0.5) is 4.79 Å². The lowest BCUT2D eigenvalue weighted by molar-refractivity contribution is 0.00254. The van der Waals surface area contributed by atoms with Crippen LogP contribution in [0, 0.1) is 0 Å². The van der Waals surface area contributed by atoms with Crippen molar-refractivity contribution in [2.24, 2.45) is 0 Å². The highest BCUT2D eigenvalue weighted by atomic mass is 16.4. The molecule has 0 aromatic carbocycles. The van der Waals surface area contributed by atoms with E-state index in [1.54, 1.807) is 12.1 Å². The summed E-state index contributed by atoms with van der Waals surface area (Å²) in [4.78, 5) is 10.5. The molecule has 1 fully saturated rings. The van der Waals surface area contributed by atoms with Gasteiger partial charge in [-0.15, -0.1) is 0 Å². The predicted molar refractivity (Wildman–Crippen MR) is 40.2 cm³/mol. The van der Waals surface area contributed by atoms with Gasteiger partial charge < -0.3 is 10.4 Å². The number of amides is 1. The quantitative estimate of drug-likeness (QED) is 0.537. The summed E-state index contributed by atoms with van der Waals surface area (Å²) in [6, 6.07) is 0. The van der Waals surface area contributed by atoms with Crippen molar-refractivity contribution in [3.63, 3.8) is 0 Å². The van der Waals surface area contributed by atoms with Crippen molar-refractivity contribution in [3.05, 3.63) is 0 Å². The van der Waals surface area contributed by atoms with Crippen LogP contribution in [0.15, 0.2) is 0 Å². The molecule has 0 spiro atoms. The lowest BCUT2D eigenvalue weighted by atomic mass is 10.4. The lowest BCUT2D eigenvalue weighted by Gasteiger charge is -2.32. The molecule has 1 aliphatic heterocycles. The molecule has 1 saturated heterocycles. The highest BCUT2D eigenvalue weighted by molar-refractivity contribution is 5.63. The van der Waals surface area contributed by atoms with Gasteiger partial charge in [-0.1, -0.05) is 0 Å². The number of hydrogen-bond acceptors (Lipinski definition) is 3. The summed E-state index contributed by atoms with van der Waals surface area (Å²) in [6.45, 7) is 3.25. The fourth-order valence-electron chi connectivity index (χ4n) is 1.07. The summed E-state index contributed by atoms with van der Waals surface area (Å²) < 4.78 is 0. The van der Waals surface area contributed by atoms with Gasteiger partial charge in [0.25, 0.3) is 0 Å². The molecule has 0 bridgehead atoms. The summed E-state index contributed by atoms with van der Waals surface area (Å²) >= 11 is 0. The zero-order valence-electron chi connectivity index (χ0n) is 6.58. The van der Waals surface area contributed by atoms with Crippen molar-refractivity contribution < 1.29 is 9.90 Å². The van der Waals surface area contributed by atoms with Crippen LogP contribution in [0.2, 0.25) is 0 Å². The molecule has 0 aromatic rings. The molecule has 5 heteroatoms. The number of piperazine rings is 1. The molecule has 0 saturated carbocycles. The van der Waals surface area contributed by atoms with E-state index in [0.29, 0.717) is 0 Å². The molecule has 1 heterocycles. The first-order chi connectivity index (χ1) is 5.22. The van der Waals surface area contributed by atoms with Crippen LogP contribution in [0.25, 0.3) is 0 Å². The Hall–Kier alpha value is -0.810. The highest BCUT2D eigenvalue weighted by Gasteiger charge is 2.17. The van der Waals surface area contributed by atoms with E-state index < -0.39 is 6.09 Å². The Labute approximate surface area is 65.6 Å². The fourth-order valence-corrected chi connectivity index (χ4v) is 1.07. The Balaban J connectivity index is 2.38. The normalized spacial score (nSPS) is 19.7. The largest absolute Gasteiger partial charge is 0.464 e. The Morgan fingerprint density at radius 3 is 2.55 bits per heavy atom. The maximum absolute atomic E-state index is 10.5. The van der Waals surface area contributed by atoms with Gasteiger partial charge in [0, 0.05) is 33.2 Å². The Morgan fingerprint density at radius 1 is 1.55 bits per heavy atom. The van der Waals surface area contributed by atoms with Crippen molar-refractivity contribution in [2.45, 2.75) is 0 Å². The number of hydrazine groups is 1. The van der Waals surface area contributed by atoms with Crippen LogP contribution in [0.1, 0.15) is 0 Å². The van der Waals surface area contributed by atoms with Crippen LogP contribution < -0.4 is 5.32 Å².